The molecule has 4 heteroatoms. The first-order valence-corrected chi connectivity index (χ1v) is 6.18. The van der Waals surface area contributed by atoms with E-state index in [4.69, 9.17) is 5.11 Å². The number of aromatic hydroxyl groups is 1. The normalized spacial score (nSPS) is 11.4. The number of carboxylic acid groups (broad SMARTS) is 1. The molecular formula is C12H16O3S. The van der Waals surface area contributed by atoms with E-state index in [9.17, 15) is 9.90 Å². The standard InChI is InChI=1S/C12H16O3S/c1-12(2,11(14)15)7-8-4-5-9(16-3)6-10(8)13/h4-6,13H,7H2,1-3H3,(H,14,15). The molecule has 0 fully saturated rings. The van der Waals surface area contributed by atoms with Crippen LogP contribution in [0.4, 0.5) is 0 Å². The van der Waals surface area contributed by atoms with E-state index >= 15 is 0 Å². The smallest absolute Gasteiger partial charge is 0.309 e. The van der Waals surface area contributed by atoms with Gasteiger partial charge in [0.2, 0.25) is 0 Å². The molecule has 0 unspecified atom stereocenters. The average Bonchev–Trinajstić information content (AvgIpc) is 2.20. The van der Waals surface area contributed by atoms with Crippen LogP contribution < -0.4 is 0 Å². The average molecular weight is 240 g/mol. The molecule has 0 aliphatic heterocycles. The van der Waals surface area contributed by atoms with Gasteiger partial charge in [-0.3, -0.25) is 4.79 Å². The number of benzene rings is 1. The molecule has 1 aromatic rings. The minimum atomic E-state index is -0.863. The van der Waals surface area contributed by atoms with Gasteiger partial charge in [0.25, 0.3) is 0 Å². The van der Waals surface area contributed by atoms with Crippen molar-refractivity contribution in [2.75, 3.05) is 6.26 Å². The number of hydrogen-bond donors (Lipinski definition) is 2. The topological polar surface area (TPSA) is 57.5 Å². The van der Waals surface area contributed by atoms with E-state index in [1.807, 2.05) is 12.3 Å². The maximum atomic E-state index is 11.0. The van der Waals surface area contributed by atoms with Gasteiger partial charge >= 0.3 is 5.97 Å². The number of aliphatic carboxylic acids is 1. The van der Waals surface area contributed by atoms with Crippen molar-refractivity contribution >= 4 is 17.7 Å². The summed E-state index contributed by atoms with van der Waals surface area (Å²) >= 11 is 1.54. The van der Waals surface area contributed by atoms with Crippen molar-refractivity contribution in [3.8, 4) is 5.75 Å². The maximum Gasteiger partial charge on any atom is 0.309 e. The zero-order chi connectivity index (χ0) is 12.3. The van der Waals surface area contributed by atoms with Crippen LogP contribution in [0.5, 0.6) is 5.75 Å². The highest BCUT2D eigenvalue weighted by atomic mass is 32.2. The van der Waals surface area contributed by atoms with Gasteiger partial charge in [-0.15, -0.1) is 11.8 Å². The summed E-state index contributed by atoms with van der Waals surface area (Å²) in [7, 11) is 0. The Morgan fingerprint density at radius 3 is 2.50 bits per heavy atom. The van der Waals surface area contributed by atoms with Crippen LogP contribution in [0.3, 0.4) is 0 Å². The number of phenols is 1. The Morgan fingerprint density at radius 1 is 1.44 bits per heavy atom. The monoisotopic (exact) mass is 240 g/mol. The van der Waals surface area contributed by atoms with Gasteiger partial charge in [-0.25, -0.2) is 0 Å². The number of hydrogen-bond acceptors (Lipinski definition) is 3. The molecule has 0 aliphatic rings. The highest BCUT2D eigenvalue weighted by Gasteiger charge is 2.28. The fourth-order valence-corrected chi connectivity index (χ4v) is 1.81. The SMILES string of the molecule is CSc1ccc(CC(C)(C)C(=O)O)c(O)c1. The summed E-state index contributed by atoms with van der Waals surface area (Å²) < 4.78 is 0. The lowest BCUT2D eigenvalue weighted by Gasteiger charge is -2.19. The summed E-state index contributed by atoms with van der Waals surface area (Å²) in [6.45, 7) is 3.30. The highest BCUT2D eigenvalue weighted by Crippen LogP contribution is 2.30. The third-order valence-corrected chi connectivity index (χ3v) is 3.23. The molecule has 0 aliphatic carbocycles. The van der Waals surface area contributed by atoms with E-state index in [1.165, 1.54) is 11.8 Å². The molecule has 88 valence electrons. The fourth-order valence-electron chi connectivity index (χ4n) is 1.37. The van der Waals surface area contributed by atoms with Gasteiger partial charge in [0.1, 0.15) is 5.75 Å². The second-order valence-electron chi connectivity index (χ2n) is 4.36. The molecule has 0 aromatic heterocycles. The number of carbonyl (C=O) groups is 1. The number of thioether (sulfide) groups is 1. The Morgan fingerprint density at radius 2 is 2.06 bits per heavy atom. The van der Waals surface area contributed by atoms with E-state index in [2.05, 4.69) is 0 Å². The van der Waals surface area contributed by atoms with Crippen molar-refractivity contribution in [1.29, 1.82) is 0 Å². The molecule has 0 amide bonds. The van der Waals surface area contributed by atoms with Crippen molar-refractivity contribution in [3.05, 3.63) is 23.8 Å². The Kier molecular flexibility index (Phi) is 3.86. The molecule has 1 aromatic carbocycles. The lowest BCUT2D eigenvalue weighted by atomic mass is 9.85. The van der Waals surface area contributed by atoms with Crippen LogP contribution in [0.2, 0.25) is 0 Å². The molecule has 1 rings (SSSR count). The van der Waals surface area contributed by atoms with Crippen molar-refractivity contribution in [1.82, 2.24) is 0 Å². The lowest BCUT2D eigenvalue weighted by Crippen LogP contribution is -2.26. The zero-order valence-corrected chi connectivity index (χ0v) is 10.5. The minimum Gasteiger partial charge on any atom is -0.508 e. The molecule has 0 bridgehead atoms. The quantitative estimate of drug-likeness (QED) is 0.794. The predicted molar refractivity (Wildman–Crippen MR) is 65.0 cm³/mol. The molecule has 0 saturated heterocycles. The first-order valence-electron chi connectivity index (χ1n) is 4.96. The Bertz CT molecular complexity index is 399. The predicted octanol–water partition coefficient (Wildman–Crippen LogP) is 2.77. The summed E-state index contributed by atoms with van der Waals surface area (Å²) in [5.41, 5.74) is -0.191. The Labute approximate surface area is 99.5 Å². The molecule has 0 heterocycles. The van der Waals surface area contributed by atoms with Gasteiger partial charge in [0.15, 0.2) is 0 Å². The third-order valence-electron chi connectivity index (χ3n) is 2.50. The molecule has 0 saturated carbocycles. The van der Waals surface area contributed by atoms with Crippen LogP contribution in [0.1, 0.15) is 19.4 Å². The summed E-state index contributed by atoms with van der Waals surface area (Å²) in [5.74, 6) is -0.693. The summed E-state index contributed by atoms with van der Waals surface area (Å²) in [4.78, 5) is 11.9. The number of phenolic OH excluding ortho intramolecular Hbond substituents is 1. The van der Waals surface area contributed by atoms with Crippen molar-refractivity contribution in [2.24, 2.45) is 5.41 Å². The van der Waals surface area contributed by atoms with Gasteiger partial charge in [0, 0.05) is 4.90 Å². The maximum absolute atomic E-state index is 11.0. The van der Waals surface area contributed by atoms with Gasteiger partial charge < -0.3 is 10.2 Å². The second kappa shape index (κ2) is 4.78. The van der Waals surface area contributed by atoms with Crippen LogP contribution in [0.15, 0.2) is 23.1 Å². The van der Waals surface area contributed by atoms with E-state index in [0.29, 0.717) is 12.0 Å². The molecule has 0 atom stereocenters. The Hall–Kier alpha value is -1.16. The molecule has 0 radical (unpaired) electrons. The Balaban J connectivity index is 2.94. The van der Waals surface area contributed by atoms with Gasteiger partial charge in [-0.1, -0.05) is 6.07 Å². The van der Waals surface area contributed by atoms with Crippen LogP contribution in [-0.4, -0.2) is 22.4 Å². The van der Waals surface area contributed by atoms with E-state index < -0.39 is 11.4 Å². The van der Waals surface area contributed by atoms with Crippen molar-refractivity contribution in [2.45, 2.75) is 25.2 Å². The van der Waals surface area contributed by atoms with Gasteiger partial charge in [0.05, 0.1) is 5.41 Å². The molecular weight excluding hydrogens is 224 g/mol. The van der Waals surface area contributed by atoms with Crippen LogP contribution in [0, 0.1) is 5.41 Å². The number of carboxylic acids is 1. The van der Waals surface area contributed by atoms with Crippen molar-refractivity contribution < 1.29 is 15.0 Å². The van der Waals surface area contributed by atoms with E-state index in [-0.39, 0.29) is 5.75 Å². The molecule has 0 spiro atoms. The second-order valence-corrected chi connectivity index (χ2v) is 5.24. The van der Waals surface area contributed by atoms with Gasteiger partial charge in [-0.2, -0.15) is 0 Å². The zero-order valence-electron chi connectivity index (χ0n) is 9.65. The van der Waals surface area contributed by atoms with E-state index in [0.717, 1.165) is 4.90 Å². The largest absolute Gasteiger partial charge is 0.508 e. The van der Waals surface area contributed by atoms with Crippen LogP contribution in [0.25, 0.3) is 0 Å². The van der Waals surface area contributed by atoms with Crippen molar-refractivity contribution in [3.63, 3.8) is 0 Å². The third kappa shape index (κ3) is 2.92. The minimum absolute atomic E-state index is 0.168. The summed E-state index contributed by atoms with van der Waals surface area (Å²) in [6.07, 6.45) is 2.25. The first-order chi connectivity index (χ1) is 7.36. The van der Waals surface area contributed by atoms with Crippen LogP contribution >= 0.6 is 11.8 Å². The summed E-state index contributed by atoms with van der Waals surface area (Å²) in [5, 5.41) is 18.8. The number of rotatable bonds is 4. The summed E-state index contributed by atoms with van der Waals surface area (Å²) in [6, 6.07) is 5.33. The van der Waals surface area contributed by atoms with Crippen LogP contribution in [-0.2, 0) is 11.2 Å². The molecule has 3 nitrogen and oxygen atoms in total. The highest BCUT2D eigenvalue weighted by molar-refractivity contribution is 7.98. The first kappa shape index (κ1) is 12.9. The van der Waals surface area contributed by atoms with E-state index in [1.54, 1.807) is 26.0 Å². The van der Waals surface area contributed by atoms with Gasteiger partial charge in [-0.05, 0) is 44.2 Å². The molecule has 2 N–H and O–H groups in total. The lowest BCUT2D eigenvalue weighted by molar-refractivity contribution is -0.146. The fraction of sp³-hybridized carbons (Fsp3) is 0.417. The molecule has 16 heavy (non-hydrogen) atoms.